The van der Waals surface area contributed by atoms with Gasteiger partial charge in [-0.1, -0.05) is 0 Å². The van der Waals surface area contributed by atoms with Gasteiger partial charge in [-0.25, -0.2) is 10.6 Å². The Balaban J connectivity index is 2.41. The molecular weight excluding hydrogens is 212 g/mol. The van der Waals surface area contributed by atoms with Crippen molar-refractivity contribution >= 4 is 17.6 Å². The standard InChI is InChI=1S/C9H12N4O3/c1-16-7-2-3-8(13(14)15)9(6-7)12-10-4-5-11-12/h2-4,6,11,13-14H,5H2,1H3. The topological polar surface area (TPSA) is 84.6 Å². The predicted octanol–water partition coefficient (Wildman–Crippen LogP) is -0.591. The minimum Gasteiger partial charge on any atom is -0.595 e. The van der Waals surface area contributed by atoms with Gasteiger partial charge in [0.05, 0.1) is 13.7 Å². The summed E-state index contributed by atoms with van der Waals surface area (Å²) >= 11 is 0. The molecule has 2 rings (SSSR count). The molecule has 7 nitrogen and oxygen atoms in total. The summed E-state index contributed by atoms with van der Waals surface area (Å²) in [7, 11) is 1.53. The van der Waals surface area contributed by atoms with Crippen LogP contribution >= 0.6 is 0 Å². The van der Waals surface area contributed by atoms with E-state index in [0.717, 1.165) is 0 Å². The van der Waals surface area contributed by atoms with Crippen molar-refractivity contribution in [3.8, 4) is 5.75 Å². The number of hydrogen-bond acceptors (Lipinski definition) is 6. The van der Waals surface area contributed by atoms with E-state index >= 15 is 0 Å². The Morgan fingerprint density at radius 3 is 3.00 bits per heavy atom. The van der Waals surface area contributed by atoms with Gasteiger partial charge in [0.2, 0.25) is 0 Å². The van der Waals surface area contributed by atoms with Gasteiger partial charge in [-0.3, -0.25) is 0 Å². The maximum Gasteiger partial charge on any atom is 0.191 e. The SMILES string of the molecule is COc1ccc([NH+]([O-])O)c(N2N=CCN2)c1. The summed E-state index contributed by atoms with van der Waals surface area (Å²) < 4.78 is 5.05. The number of hydrazone groups is 1. The highest BCUT2D eigenvalue weighted by Crippen LogP contribution is 2.27. The molecule has 1 atom stereocenters. The molecule has 0 bridgehead atoms. The number of anilines is 1. The fraction of sp³-hybridized carbons (Fsp3) is 0.222. The van der Waals surface area contributed by atoms with Crippen LogP contribution in [-0.4, -0.2) is 25.1 Å². The number of quaternary nitrogens is 1. The maximum absolute atomic E-state index is 11.0. The van der Waals surface area contributed by atoms with E-state index < -0.39 is 5.23 Å². The molecule has 0 saturated carbocycles. The van der Waals surface area contributed by atoms with Crippen LogP contribution in [0.3, 0.4) is 0 Å². The molecule has 1 aromatic carbocycles. The third kappa shape index (κ3) is 1.97. The third-order valence-electron chi connectivity index (χ3n) is 2.19. The van der Waals surface area contributed by atoms with Crippen molar-refractivity contribution in [2.75, 3.05) is 18.8 Å². The molecule has 0 spiro atoms. The van der Waals surface area contributed by atoms with Gasteiger partial charge in [-0.15, -0.1) is 0 Å². The highest BCUT2D eigenvalue weighted by atomic mass is 16.8. The minimum atomic E-state index is -0.999. The zero-order valence-electron chi connectivity index (χ0n) is 8.67. The molecule has 16 heavy (non-hydrogen) atoms. The van der Waals surface area contributed by atoms with Crippen LogP contribution in [-0.2, 0) is 0 Å². The molecule has 3 N–H and O–H groups in total. The molecule has 0 radical (unpaired) electrons. The average molecular weight is 224 g/mol. The number of nitrogens with zero attached hydrogens (tertiary/aromatic N) is 2. The molecule has 86 valence electrons. The van der Waals surface area contributed by atoms with Gasteiger partial charge in [-0.05, 0) is 6.07 Å². The van der Waals surface area contributed by atoms with E-state index in [0.29, 0.717) is 18.0 Å². The van der Waals surface area contributed by atoms with Crippen LogP contribution in [0.2, 0.25) is 0 Å². The summed E-state index contributed by atoms with van der Waals surface area (Å²) in [5.74, 6) is 0.587. The number of ether oxygens (including phenoxy) is 1. The van der Waals surface area contributed by atoms with E-state index in [1.54, 1.807) is 18.3 Å². The van der Waals surface area contributed by atoms with E-state index in [9.17, 15) is 5.21 Å². The molecule has 1 aromatic rings. The van der Waals surface area contributed by atoms with Crippen LogP contribution in [0.5, 0.6) is 5.75 Å². The largest absolute Gasteiger partial charge is 0.595 e. The van der Waals surface area contributed by atoms with Crippen molar-refractivity contribution in [1.82, 2.24) is 5.43 Å². The Labute approximate surface area is 92.0 Å². The van der Waals surface area contributed by atoms with E-state index in [2.05, 4.69) is 10.5 Å². The average Bonchev–Trinajstić information content (AvgIpc) is 2.81. The maximum atomic E-state index is 11.0. The zero-order valence-corrected chi connectivity index (χ0v) is 8.67. The molecule has 0 amide bonds. The highest BCUT2D eigenvalue weighted by molar-refractivity contribution is 5.71. The van der Waals surface area contributed by atoms with E-state index in [-0.39, 0.29) is 5.69 Å². The highest BCUT2D eigenvalue weighted by Gasteiger charge is 2.18. The van der Waals surface area contributed by atoms with Crippen molar-refractivity contribution in [1.29, 1.82) is 0 Å². The summed E-state index contributed by atoms with van der Waals surface area (Å²) in [5, 5.41) is 24.5. The number of methoxy groups -OCH3 is 1. The van der Waals surface area contributed by atoms with Crippen LogP contribution in [0.4, 0.5) is 11.4 Å². The minimum absolute atomic E-state index is 0.173. The lowest BCUT2D eigenvalue weighted by Gasteiger charge is -2.21. The summed E-state index contributed by atoms with van der Waals surface area (Å²) in [6.45, 7) is 0.580. The Morgan fingerprint density at radius 2 is 2.44 bits per heavy atom. The Kier molecular flexibility index (Phi) is 3.02. The number of hydrazine groups is 1. The number of rotatable bonds is 3. The van der Waals surface area contributed by atoms with Crippen molar-refractivity contribution in [3.05, 3.63) is 23.4 Å². The van der Waals surface area contributed by atoms with Crippen LogP contribution in [0.25, 0.3) is 0 Å². The van der Waals surface area contributed by atoms with Crippen molar-refractivity contribution in [2.45, 2.75) is 0 Å². The van der Waals surface area contributed by atoms with Crippen LogP contribution in [0.1, 0.15) is 0 Å². The summed E-state index contributed by atoms with van der Waals surface area (Å²) in [6, 6.07) is 4.72. The van der Waals surface area contributed by atoms with Gasteiger partial charge in [0.15, 0.2) is 5.69 Å². The van der Waals surface area contributed by atoms with Gasteiger partial charge in [0.1, 0.15) is 11.4 Å². The van der Waals surface area contributed by atoms with E-state index in [4.69, 9.17) is 9.94 Å². The predicted molar refractivity (Wildman–Crippen MR) is 57.7 cm³/mol. The van der Waals surface area contributed by atoms with Gasteiger partial charge in [0.25, 0.3) is 0 Å². The first-order valence-corrected chi connectivity index (χ1v) is 4.70. The molecule has 1 aliphatic rings. The quantitative estimate of drug-likeness (QED) is 0.597. The molecule has 1 unspecified atom stereocenters. The zero-order chi connectivity index (χ0) is 11.5. The van der Waals surface area contributed by atoms with Crippen molar-refractivity contribution in [3.63, 3.8) is 0 Å². The summed E-state index contributed by atoms with van der Waals surface area (Å²) in [6.07, 6.45) is 1.66. The fourth-order valence-corrected chi connectivity index (χ4v) is 1.43. The number of hydrogen-bond donors (Lipinski definition) is 3. The molecule has 0 fully saturated rings. The van der Waals surface area contributed by atoms with Gasteiger partial charge in [0, 0.05) is 18.3 Å². The number of benzene rings is 1. The lowest BCUT2D eigenvalue weighted by Crippen LogP contribution is -2.99. The Bertz CT molecular complexity index is 408. The van der Waals surface area contributed by atoms with E-state index in [1.165, 1.54) is 18.3 Å². The molecule has 1 heterocycles. The van der Waals surface area contributed by atoms with Crippen molar-refractivity contribution < 1.29 is 15.2 Å². The van der Waals surface area contributed by atoms with Crippen LogP contribution in [0.15, 0.2) is 23.3 Å². The normalized spacial score (nSPS) is 16.6. The van der Waals surface area contributed by atoms with Gasteiger partial charge < -0.3 is 9.94 Å². The summed E-state index contributed by atoms with van der Waals surface area (Å²) in [4.78, 5) is 0. The van der Waals surface area contributed by atoms with Gasteiger partial charge >= 0.3 is 0 Å². The van der Waals surface area contributed by atoms with Crippen LogP contribution in [0, 0.1) is 5.21 Å². The van der Waals surface area contributed by atoms with Crippen molar-refractivity contribution in [2.24, 2.45) is 5.10 Å². The molecule has 0 aromatic heterocycles. The van der Waals surface area contributed by atoms with Crippen LogP contribution < -0.4 is 20.5 Å². The molecule has 0 saturated heterocycles. The lowest BCUT2D eigenvalue weighted by molar-refractivity contribution is -0.990. The summed E-state index contributed by atoms with van der Waals surface area (Å²) in [5.41, 5.74) is 3.54. The Morgan fingerprint density at radius 1 is 1.62 bits per heavy atom. The molecule has 1 aliphatic heterocycles. The number of nitrogens with one attached hydrogen (secondary N) is 2. The monoisotopic (exact) mass is 224 g/mol. The van der Waals surface area contributed by atoms with E-state index in [1.807, 2.05) is 0 Å². The first-order chi connectivity index (χ1) is 7.72. The smallest absolute Gasteiger partial charge is 0.191 e. The third-order valence-corrected chi connectivity index (χ3v) is 2.19. The first-order valence-electron chi connectivity index (χ1n) is 4.70. The molecule has 7 heteroatoms. The molecule has 0 aliphatic carbocycles. The van der Waals surface area contributed by atoms with Gasteiger partial charge in [-0.2, -0.15) is 15.4 Å². The first kappa shape index (κ1) is 10.8. The second kappa shape index (κ2) is 4.45. The Hall–Kier alpha value is -1.67. The fourth-order valence-electron chi connectivity index (χ4n) is 1.43. The second-order valence-corrected chi connectivity index (χ2v) is 3.16. The second-order valence-electron chi connectivity index (χ2n) is 3.16. The molecular formula is C9H12N4O3. The lowest BCUT2D eigenvalue weighted by atomic mass is 10.2.